The van der Waals surface area contributed by atoms with Crippen molar-refractivity contribution >= 4 is 23.4 Å². The topological polar surface area (TPSA) is 59.1 Å². The summed E-state index contributed by atoms with van der Waals surface area (Å²) >= 11 is 6.11. The van der Waals surface area contributed by atoms with Gasteiger partial charge < -0.3 is 19.3 Å². The molecule has 0 aromatic heterocycles. The van der Waals surface area contributed by atoms with Crippen LogP contribution in [0.25, 0.3) is 0 Å². The number of carbonyl (C=O) groups excluding carboxylic acids is 2. The number of hydrogen-bond donors (Lipinski definition) is 0. The molecular weight excluding hydrogens is 404 g/mol. The van der Waals surface area contributed by atoms with Crippen molar-refractivity contribution in [3.63, 3.8) is 0 Å². The summed E-state index contributed by atoms with van der Waals surface area (Å²) in [6.07, 6.45) is 1.42. The van der Waals surface area contributed by atoms with Gasteiger partial charge in [-0.1, -0.05) is 23.7 Å². The third kappa shape index (κ3) is 4.70. The van der Waals surface area contributed by atoms with E-state index in [1.54, 1.807) is 60.4 Å². The van der Waals surface area contributed by atoms with E-state index in [0.717, 1.165) is 12.0 Å². The smallest absolute Gasteiger partial charge is 0.258 e. The summed E-state index contributed by atoms with van der Waals surface area (Å²) in [6, 6.07) is 12.0. The Morgan fingerprint density at radius 3 is 2.70 bits per heavy atom. The molecule has 30 heavy (non-hydrogen) atoms. The summed E-state index contributed by atoms with van der Waals surface area (Å²) in [5.41, 5.74) is 1.30. The maximum Gasteiger partial charge on any atom is 0.258 e. The second kappa shape index (κ2) is 9.85. The minimum Gasteiger partial charge on any atom is -0.496 e. The highest BCUT2D eigenvalue weighted by Crippen LogP contribution is 2.28. The fourth-order valence-electron chi connectivity index (χ4n) is 3.80. The van der Waals surface area contributed by atoms with Crippen LogP contribution >= 0.6 is 11.6 Å². The molecule has 0 N–H and O–H groups in total. The SMILES string of the molecule is CCOc1ccccc1C(=O)N1CCCC1C(=O)N(C)Cc1cc(Cl)ccc1OC. The van der Waals surface area contributed by atoms with Crippen molar-refractivity contribution in [1.82, 2.24) is 9.80 Å². The first-order valence-corrected chi connectivity index (χ1v) is 10.4. The average molecular weight is 431 g/mol. The summed E-state index contributed by atoms with van der Waals surface area (Å²) in [5, 5.41) is 0.580. The van der Waals surface area contributed by atoms with E-state index in [4.69, 9.17) is 21.1 Å². The molecule has 2 aromatic carbocycles. The van der Waals surface area contributed by atoms with E-state index in [0.29, 0.717) is 48.2 Å². The predicted molar refractivity (Wildman–Crippen MR) is 116 cm³/mol. The van der Waals surface area contributed by atoms with Crippen LogP contribution < -0.4 is 9.47 Å². The highest BCUT2D eigenvalue weighted by molar-refractivity contribution is 6.30. The van der Waals surface area contributed by atoms with E-state index in [1.807, 2.05) is 13.0 Å². The molecule has 3 rings (SSSR count). The molecule has 2 amide bonds. The second-order valence-electron chi connectivity index (χ2n) is 7.24. The van der Waals surface area contributed by atoms with Gasteiger partial charge in [0.2, 0.25) is 5.91 Å². The Kier molecular flexibility index (Phi) is 7.21. The number of para-hydroxylation sites is 1. The van der Waals surface area contributed by atoms with Gasteiger partial charge in [0.05, 0.1) is 19.3 Å². The lowest BCUT2D eigenvalue weighted by Crippen LogP contribution is -2.46. The maximum atomic E-state index is 13.2. The first-order valence-electron chi connectivity index (χ1n) is 10.1. The highest BCUT2D eigenvalue weighted by Gasteiger charge is 2.37. The normalized spacial score (nSPS) is 15.7. The number of nitrogens with zero attached hydrogens (tertiary/aromatic N) is 2. The molecule has 1 aliphatic heterocycles. The van der Waals surface area contributed by atoms with E-state index >= 15 is 0 Å². The Bertz CT molecular complexity index is 918. The summed E-state index contributed by atoms with van der Waals surface area (Å²) < 4.78 is 11.0. The zero-order chi connectivity index (χ0) is 21.7. The van der Waals surface area contributed by atoms with E-state index in [1.165, 1.54) is 0 Å². The molecule has 1 saturated heterocycles. The van der Waals surface area contributed by atoms with Crippen LogP contribution in [-0.4, -0.2) is 55.0 Å². The largest absolute Gasteiger partial charge is 0.496 e. The molecule has 2 aromatic rings. The third-order valence-corrected chi connectivity index (χ3v) is 5.48. The summed E-state index contributed by atoms with van der Waals surface area (Å²) in [5.74, 6) is 0.935. The number of hydrogen-bond acceptors (Lipinski definition) is 4. The maximum absolute atomic E-state index is 13.2. The van der Waals surface area contributed by atoms with Crippen molar-refractivity contribution in [1.29, 1.82) is 0 Å². The van der Waals surface area contributed by atoms with Crippen molar-refractivity contribution in [2.75, 3.05) is 27.3 Å². The Morgan fingerprint density at radius 2 is 1.97 bits per heavy atom. The van der Waals surface area contributed by atoms with Gasteiger partial charge in [0.1, 0.15) is 17.5 Å². The molecule has 1 aliphatic rings. The minimum absolute atomic E-state index is 0.100. The minimum atomic E-state index is -0.498. The first-order chi connectivity index (χ1) is 14.5. The predicted octanol–water partition coefficient (Wildman–Crippen LogP) is 4.01. The van der Waals surface area contributed by atoms with Gasteiger partial charge >= 0.3 is 0 Å². The van der Waals surface area contributed by atoms with Crippen LogP contribution in [0.3, 0.4) is 0 Å². The van der Waals surface area contributed by atoms with Crippen LogP contribution in [0, 0.1) is 0 Å². The molecule has 1 unspecified atom stereocenters. The zero-order valence-electron chi connectivity index (χ0n) is 17.6. The summed E-state index contributed by atoms with van der Waals surface area (Å²) in [6.45, 7) is 3.24. The number of ether oxygens (including phenoxy) is 2. The fraction of sp³-hybridized carbons (Fsp3) is 0.391. The van der Waals surface area contributed by atoms with Crippen LogP contribution in [0.15, 0.2) is 42.5 Å². The second-order valence-corrected chi connectivity index (χ2v) is 7.67. The highest BCUT2D eigenvalue weighted by atomic mass is 35.5. The van der Waals surface area contributed by atoms with Gasteiger partial charge in [0.15, 0.2) is 0 Å². The summed E-state index contributed by atoms with van der Waals surface area (Å²) in [4.78, 5) is 29.7. The van der Waals surface area contributed by atoms with Gasteiger partial charge in [-0.25, -0.2) is 0 Å². The van der Waals surface area contributed by atoms with Gasteiger partial charge in [-0.05, 0) is 50.1 Å². The molecule has 160 valence electrons. The molecule has 1 fully saturated rings. The van der Waals surface area contributed by atoms with E-state index < -0.39 is 6.04 Å². The van der Waals surface area contributed by atoms with Crippen LogP contribution in [0.2, 0.25) is 5.02 Å². The lowest BCUT2D eigenvalue weighted by molar-refractivity contribution is -0.134. The molecule has 0 saturated carbocycles. The number of amides is 2. The molecule has 6 nitrogen and oxygen atoms in total. The Hall–Kier alpha value is -2.73. The molecular formula is C23H27ClN2O4. The van der Waals surface area contributed by atoms with Crippen LogP contribution in [0.5, 0.6) is 11.5 Å². The Balaban J connectivity index is 1.77. The summed E-state index contributed by atoms with van der Waals surface area (Å²) in [7, 11) is 3.32. The Labute approximate surface area is 182 Å². The molecule has 1 heterocycles. The van der Waals surface area contributed by atoms with Crippen molar-refractivity contribution in [2.45, 2.75) is 32.4 Å². The van der Waals surface area contributed by atoms with Crippen LogP contribution in [-0.2, 0) is 11.3 Å². The van der Waals surface area contributed by atoms with Crippen LogP contribution in [0.1, 0.15) is 35.7 Å². The first kappa shape index (κ1) is 22.0. The number of rotatable bonds is 7. The van der Waals surface area contributed by atoms with Gasteiger partial charge in [-0.2, -0.15) is 0 Å². The third-order valence-electron chi connectivity index (χ3n) is 5.24. The van der Waals surface area contributed by atoms with Crippen molar-refractivity contribution in [2.24, 2.45) is 0 Å². The Morgan fingerprint density at radius 1 is 1.20 bits per heavy atom. The number of methoxy groups -OCH3 is 1. The van der Waals surface area contributed by atoms with Gasteiger partial charge in [-0.3, -0.25) is 9.59 Å². The molecule has 1 atom stereocenters. The quantitative estimate of drug-likeness (QED) is 0.665. The average Bonchev–Trinajstić information content (AvgIpc) is 3.23. The van der Waals surface area contributed by atoms with Gasteiger partial charge in [0.25, 0.3) is 5.91 Å². The molecule has 7 heteroatoms. The van der Waals surface area contributed by atoms with Gasteiger partial charge in [0, 0.05) is 30.7 Å². The van der Waals surface area contributed by atoms with E-state index in [-0.39, 0.29) is 11.8 Å². The molecule has 0 bridgehead atoms. The zero-order valence-corrected chi connectivity index (χ0v) is 18.3. The molecule has 0 radical (unpaired) electrons. The number of likely N-dealkylation sites (tertiary alicyclic amines) is 1. The van der Waals surface area contributed by atoms with Crippen molar-refractivity contribution < 1.29 is 19.1 Å². The van der Waals surface area contributed by atoms with E-state index in [2.05, 4.69) is 0 Å². The fourth-order valence-corrected chi connectivity index (χ4v) is 4.00. The number of halogens is 1. The monoisotopic (exact) mass is 430 g/mol. The van der Waals surface area contributed by atoms with Crippen LogP contribution in [0.4, 0.5) is 0 Å². The van der Waals surface area contributed by atoms with Crippen molar-refractivity contribution in [3.05, 3.63) is 58.6 Å². The van der Waals surface area contributed by atoms with Crippen molar-refractivity contribution in [3.8, 4) is 11.5 Å². The number of carbonyl (C=O) groups is 2. The number of benzene rings is 2. The lowest BCUT2D eigenvalue weighted by Gasteiger charge is -2.29. The standard InChI is InChI=1S/C23H27ClN2O4/c1-4-30-21-10-6-5-8-18(21)22(27)26-13-7-9-19(26)23(28)25(2)15-16-14-17(24)11-12-20(16)29-3/h5-6,8,10-12,14,19H,4,7,9,13,15H2,1-3H3. The molecule has 0 spiro atoms. The number of likely N-dealkylation sites (N-methyl/N-ethyl adjacent to an activating group) is 1. The van der Waals surface area contributed by atoms with Gasteiger partial charge in [-0.15, -0.1) is 0 Å². The van der Waals surface area contributed by atoms with E-state index in [9.17, 15) is 9.59 Å². The lowest BCUT2D eigenvalue weighted by atomic mass is 10.1. The molecule has 0 aliphatic carbocycles.